The molecule has 9 nitrogen and oxygen atoms in total. The van der Waals surface area contributed by atoms with Crippen LogP contribution in [0, 0.1) is 5.82 Å². The summed E-state index contributed by atoms with van der Waals surface area (Å²) < 4.78 is 13.1. The first-order valence-corrected chi connectivity index (χ1v) is 9.25. The molecule has 1 aliphatic heterocycles. The largest absolute Gasteiger partial charge is 0.364 e. The molecule has 1 aliphatic rings. The molecule has 0 bridgehead atoms. The van der Waals surface area contributed by atoms with Crippen LogP contribution in [0.3, 0.4) is 0 Å². The first kappa shape index (κ1) is 20.3. The number of piperidine rings is 1. The predicted octanol–water partition coefficient (Wildman–Crippen LogP) is 1.70. The van der Waals surface area contributed by atoms with E-state index in [-0.39, 0.29) is 29.4 Å². The molecule has 0 spiro atoms. The summed E-state index contributed by atoms with van der Waals surface area (Å²) in [5.41, 5.74) is 5.96. The zero-order chi connectivity index (χ0) is 21.0. The van der Waals surface area contributed by atoms with E-state index in [1.165, 1.54) is 35.4 Å². The second-order valence-corrected chi connectivity index (χ2v) is 7.05. The molecule has 2 aromatic rings. The van der Waals surface area contributed by atoms with E-state index < -0.39 is 5.91 Å². The SMILES string of the molecule is CN(C)C(=O)NC1CCCN(c2cnc(C(N)=O)c(Nc3ccc(F)cc3)n2)C1. The number of nitrogens with two attached hydrogens (primary N) is 1. The molecule has 1 saturated heterocycles. The number of anilines is 3. The van der Waals surface area contributed by atoms with Gasteiger partial charge < -0.3 is 26.2 Å². The quantitative estimate of drug-likeness (QED) is 0.702. The van der Waals surface area contributed by atoms with Gasteiger partial charge in [-0.25, -0.2) is 19.2 Å². The Hall–Kier alpha value is -3.43. The number of halogens is 1. The van der Waals surface area contributed by atoms with E-state index in [9.17, 15) is 14.0 Å². The van der Waals surface area contributed by atoms with E-state index in [2.05, 4.69) is 20.6 Å². The van der Waals surface area contributed by atoms with Crippen molar-refractivity contribution in [3.63, 3.8) is 0 Å². The van der Waals surface area contributed by atoms with E-state index in [4.69, 9.17) is 5.73 Å². The fourth-order valence-corrected chi connectivity index (χ4v) is 3.08. The Morgan fingerprint density at radius 3 is 2.66 bits per heavy atom. The maximum Gasteiger partial charge on any atom is 0.317 e. The number of carbonyl (C=O) groups is 2. The van der Waals surface area contributed by atoms with E-state index in [0.717, 1.165) is 19.4 Å². The van der Waals surface area contributed by atoms with Gasteiger partial charge in [0.2, 0.25) is 0 Å². The molecule has 1 aromatic heterocycles. The van der Waals surface area contributed by atoms with Crippen molar-refractivity contribution in [2.45, 2.75) is 18.9 Å². The minimum Gasteiger partial charge on any atom is -0.364 e. The molecule has 1 aromatic carbocycles. The van der Waals surface area contributed by atoms with E-state index >= 15 is 0 Å². The lowest BCUT2D eigenvalue weighted by molar-refractivity contribution is 0.0996. The fraction of sp³-hybridized carbons (Fsp3) is 0.368. The first-order valence-electron chi connectivity index (χ1n) is 9.25. The second kappa shape index (κ2) is 8.72. The minimum atomic E-state index is -0.719. The zero-order valence-corrected chi connectivity index (χ0v) is 16.4. The van der Waals surface area contributed by atoms with Gasteiger partial charge in [-0.1, -0.05) is 0 Å². The van der Waals surface area contributed by atoms with Crippen molar-refractivity contribution in [3.8, 4) is 0 Å². The third-order valence-corrected chi connectivity index (χ3v) is 4.58. The lowest BCUT2D eigenvalue weighted by Gasteiger charge is -2.34. The van der Waals surface area contributed by atoms with Gasteiger partial charge in [0.05, 0.1) is 6.20 Å². The highest BCUT2D eigenvalue weighted by atomic mass is 19.1. The molecule has 0 saturated carbocycles. The highest BCUT2D eigenvalue weighted by molar-refractivity contribution is 5.96. The van der Waals surface area contributed by atoms with Crippen molar-refractivity contribution in [3.05, 3.63) is 42.0 Å². The molecule has 1 fully saturated rings. The Balaban J connectivity index is 1.81. The molecule has 0 radical (unpaired) electrons. The van der Waals surface area contributed by atoms with E-state index in [1.54, 1.807) is 14.1 Å². The van der Waals surface area contributed by atoms with Crippen LogP contribution in [0.25, 0.3) is 0 Å². The standard InChI is InChI=1S/C19H24FN7O2/c1-26(2)19(29)24-14-4-3-9-27(11-14)15-10-22-16(17(21)28)18(25-15)23-13-7-5-12(20)6-8-13/h5-8,10,14H,3-4,9,11H2,1-2H3,(H2,21,28)(H,23,25)(H,24,29). The number of nitrogens with one attached hydrogen (secondary N) is 2. The van der Waals surface area contributed by atoms with Crippen LogP contribution in [0.1, 0.15) is 23.3 Å². The van der Waals surface area contributed by atoms with Gasteiger partial charge in [-0.05, 0) is 37.1 Å². The molecule has 3 amide bonds. The number of hydrogen-bond acceptors (Lipinski definition) is 6. The molecule has 2 heterocycles. The summed E-state index contributed by atoms with van der Waals surface area (Å²) in [7, 11) is 3.38. The van der Waals surface area contributed by atoms with Crippen molar-refractivity contribution < 1.29 is 14.0 Å². The highest BCUT2D eigenvalue weighted by Crippen LogP contribution is 2.23. The normalized spacial score (nSPS) is 16.2. The number of primary amides is 1. The summed E-state index contributed by atoms with van der Waals surface area (Å²) >= 11 is 0. The summed E-state index contributed by atoms with van der Waals surface area (Å²) in [5.74, 6) is -0.336. The molecule has 3 rings (SSSR count). The van der Waals surface area contributed by atoms with Crippen LogP contribution < -0.4 is 21.3 Å². The lowest BCUT2D eigenvalue weighted by Crippen LogP contribution is -2.50. The number of benzene rings is 1. The van der Waals surface area contributed by atoms with Crippen molar-refractivity contribution in [1.82, 2.24) is 20.2 Å². The summed E-state index contributed by atoms with van der Waals surface area (Å²) in [5, 5.41) is 5.95. The average molecular weight is 401 g/mol. The van der Waals surface area contributed by atoms with Gasteiger partial charge in [-0.3, -0.25) is 4.79 Å². The van der Waals surface area contributed by atoms with Crippen LogP contribution in [-0.2, 0) is 0 Å². The summed E-state index contributed by atoms with van der Waals surface area (Å²) in [6.45, 7) is 1.31. The topological polar surface area (TPSA) is 116 Å². The van der Waals surface area contributed by atoms with Crippen LogP contribution in [-0.4, -0.2) is 60.0 Å². The fourth-order valence-electron chi connectivity index (χ4n) is 3.08. The van der Waals surface area contributed by atoms with Crippen LogP contribution in [0.4, 0.5) is 26.5 Å². The maximum atomic E-state index is 13.1. The number of nitrogens with zero attached hydrogens (tertiary/aromatic N) is 4. The average Bonchev–Trinajstić information content (AvgIpc) is 2.69. The van der Waals surface area contributed by atoms with Gasteiger partial charge in [-0.2, -0.15) is 0 Å². The van der Waals surface area contributed by atoms with Gasteiger partial charge in [0.1, 0.15) is 11.6 Å². The van der Waals surface area contributed by atoms with Crippen molar-refractivity contribution in [2.75, 3.05) is 37.4 Å². The van der Waals surface area contributed by atoms with Crippen molar-refractivity contribution >= 4 is 29.3 Å². The van der Waals surface area contributed by atoms with E-state index in [1.807, 2.05) is 4.90 Å². The number of aromatic nitrogens is 2. The molecular formula is C19H24FN7O2. The van der Waals surface area contributed by atoms with Crippen molar-refractivity contribution in [1.29, 1.82) is 0 Å². The number of hydrogen-bond donors (Lipinski definition) is 3. The number of rotatable bonds is 5. The van der Waals surface area contributed by atoms with Crippen LogP contribution in [0.2, 0.25) is 0 Å². The number of urea groups is 1. The van der Waals surface area contributed by atoms with Crippen molar-refractivity contribution in [2.24, 2.45) is 5.73 Å². The Labute approximate surface area is 168 Å². The smallest absolute Gasteiger partial charge is 0.317 e. The van der Waals surface area contributed by atoms with Gasteiger partial charge in [0.15, 0.2) is 11.5 Å². The first-order chi connectivity index (χ1) is 13.8. The predicted molar refractivity (Wildman–Crippen MR) is 108 cm³/mol. The van der Waals surface area contributed by atoms with Gasteiger partial charge >= 0.3 is 6.03 Å². The summed E-state index contributed by atoms with van der Waals surface area (Å²) in [4.78, 5) is 35.9. The van der Waals surface area contributed by atoms with Gasteiger partial charge in [0, 0.05) is 38.9 Å². The third-order valence-electron chi connectivity index (χ3n) is 4.58. The molecule has 10 heteroatoms. The number of amides is 3. The Morgan fingerprint density at radius 2 is 2.00 bits per heavy atom. The summed E-state index contributed by atoms with van der Waals surface area (Å²) in [6.07, 6.45) is 3.23. The highest BCUT2D eigenvalue weighted by Gasteiger charge is 2.24. The minimum absolute atomic E-state index is 0.00690. The zero-order valence-electron chi connectivity index (χ0n) is 16.4. The Kier molecular flexibility index (Phi) is 6.10. The molecule has 1 unspecified atom stereocenters. The Bertz CT molecular complexity index is 889. The molecule has 29 heavy (non-hydrogen) atoms. The molecule has 4 N–H and O–H groups in total. The maximum absolute atomic E-state index is 13.1. The third kappa shape index (κ3) is 5.09. The monoisotopic (exact) mass is 401 g/mol. The second-order valence-electron chi connectivity index (χ2n) is 7.05. The van der Waals surface area contributed by atoms with Gasteiger partial charge in [-0.15, -0.1) is 0 Å². The van der Waals surface area contributed by atoms with Gasteiger partial charge in [0.25, 0.3) is 5.91 Å². The lowest BCUT2D eigenvalue weighted by atomic mass is 10.1. The molecular weight excluding hydrogens is 377 g/mol. The molecule has 1 atom stereocenters. The summed E-state index contributed by atoms with van der Waals surface area (Å²) in [6, 6.07) is 5.48. The molecule has 154 valence electrons. The van der Waals surface area contributed by atoms with E-state index in [0.29, 0.717) is 18.1 Å². The van der Waals surface area contributed by atoms with Crippen LogP contribution in [0.5, 0.6) is 0 Å². The Morgan fingerprint density at radius 1 is 1.28 bits per heavy atom. The molecule has 0 aliphatic carbocycles. The van der Waals surface area contributed by atoms with Crippen LogP contribution in [0.15, 0.2) is 30.5 Å². The van der Waals surface area contributed by atoms with Crippen LogP contribution >= 0.6 is 0 Å². The number of carbonyl (C=O) groups excluding carboxylic acids is 2.